The molecule has 0 atom stereocenters. The first-order valence-electron chi connectivity index (χ1n) is 8.46. The number of nitrogens with two attached hydrogens (primary N) is 2. The molecule has 0 aliphatic rings. The largest absolute Gasteiger partial charge is 0.478 e. The number of isocyanates is 1. The number of amides is 2. The molecule has 10 heteroatoms. The number of primary amides is 2. The minimum atomic E-state index is -1.08. The Kier molecular flexibility index (Phi) is 5.43. The molecule has 0 fully saturated rings. The fourth-order valence-electron chi connectivity index (χ4n) is 3.01. The molecule has 0 unspecified atom stereocenters. The van der Waals surface area contributed by atoms with Crippen LogP contribution in [0.3, 0.4) is 0 Å². The molecule has 0 radical (unpaired) electrons. The van der Waals surface area contributed by atoms with E-state index >= 15 is 0 Å². The number of carboxylic acid groups (broad SMARTS) is 1. The van der Waals surface area contributed by atoms with E-state index in [0.717, 1.165) is 4.57 Å². The number of aliphatic imine (C=N–C) groups is 1. The first-order valence-corrected chi connectivity index (χ1v) is 8.46. The molecule has 5 N–H and O–H groups in total. The highest BCUT2D eigenvalue weighted by Gasteiger charge is 2.15. The van der Waals surface area contributed by atoms with E-state index in [1.165, 1.54) is 23.0 Å². The molecule has 2 aromatic carbocycles. The van der Waals surface area contributed by atoms with Crippen LogP contribution < -0.4 is 11.5 Å². The summed E-state index contributed by atoms with van der Waals surface area (Å²) in [5, 5.41) is 10.1. The van der Waals surface area contributed by atoms with E-state index in [1.54, 1.807) is 48.5 Å². The zero-order chi connectivity index (χ0) is 21.8. The average molecular weight is 405 g/mol. The lowest BCUT2D eigenvalue weighted by molar-refractivity contribution is 0.0699. The summed E-state index contributed by atoms with van der Waals surface area (Å²) >= 11 is 0. The SMILES string of the molecule is NC(=O)n1cc(C(=O)O)c2ccccc21.NC(=O)n1cc(N=C=O)c2ccccc21. The smallest absolute Gasteiger partial charge is 0.337 e. The van der Waals surface area contributed by atoms with Crippen LogP contribution in [0.4, 0.5) is 15.3 Å². The number of carbonyl (C=O) groups excluding carboxylic acids is 3. The molecule has 0 aliphatic carbocycles. The van der Waals surface area contributed by atoms with Gasteiger partial charge in [-0.2, -0.15) is 4.99 Å². The number of fused-ring (bicyclic) bond motifs is 2. The van der Waals surface area contributed by atoms with Crippen molar-refractivity contribution in [2.75, 3.05) is 0 Å². The van der Waals surface area contributed by atoms with Crippen molar-refractivity contribution >= 4 is 51.6 Å². The number of aromatic carboxylic acids is 1. The third kappa shape index (κ3) is 3.66. The highest BCUT2D eigenvalue weighted by Crippen LogP contribution is 2.27. The van der Waals surface area contributed by atoms with Crippen LogP contribution in [-0.2, 0) is 4.79 Å². The van der Waals surface area contributed by atoms with E-state index < -0.39 is 18.0 Å². The zero-order valence-electron chi connectivity index (χ0n) is 15.4. The standard InChI is InChI=1S/C10H7N3O2.C10H8N2O3/c11-10(15)13-5-8(12-6-14)7-3-1-2-4-9(7)13;11-10(15)12-5-7(9(13)14)6-3-1-2-4-8(6)12/h1-5H,(H2,11,15);1-5H,(H2,11,15)(H,13,14). The fraction of sp³-hybridized carbons (Fsp3) is 0. The average Bonchev–Trinajstić information content (AvgIpc) is 3.28. The molecule has 0 bridgehead atoms. The molecule has 0 saturated heterocycles. The Morgan fingerprint density at radius 2 is 1.33 bits per heavy atom. The molecular formula is C20H15N5O5. The summed E-state index contributed by atoms with van der Waals surface area (Å²) in [6.45, 7) is 0. The summed E-state index contributed by atoms with van der Waals surface area (Å²) in [5.74, 6) is -1.08. The van der Waals surface area contributed by atoms with Crippen LogP contribution in [0.25, 0.3) is 21.8 Å². The number of carboxylic acids is 1. The number of carbonyl (C=O) groups is 3. The van der Waals surface area contributed by atoms with Gasteiger partial charge < -0.3 is 16.6 Å². The molecule has 2 heterocycles. The molecule has 2 amide bonds. The second-order valence-corrected chi connectivity index (χ2v) is 6.02. The maximum Gasteiger partial charge on any atom is 0.337 e. The van der Waals surface area contributed by atoms with Crippen molar-refractivity contribution in [3.05, 3.63) is 66.5 Å². The summed E-state index contributed by atoms with van der Waals surface area (Å²) in [5.41, 5.74) is 11.9. The number of nitrogens with zero attached hydrogens (tertiary/aromatic N) is 3. The van der Waals surface area contributed by atoms with Gasteiger partial charge in [-0.05, 0) is 12.1 Å². The number of hydrogen-bond donors (Lipinski definition) is 3. The highest BCUT2D eigenvalue weighted by atomic mass is 16.4. The Hall–Kier alpha value is -4.69. The lowest BCUT2D eigenvalue weighted by Crippen LogP contribution is -2.18. The number of aromatic nitrogens is 2. The highest BCUT2D eigenvalue weighted by molar-refractivity contribution is 6.06. The van der Waals surface area contributed by atoms with Crippen molar-refractivity contribution in [2.45, 2.75) is 0 Å². The predicted octanol–water partition coefficient (Wildman–Crippen LogP) is 2.80. The Bertz CT molecular complexity index is 1170. The molecule has 150 valence electrons. The van der Waals surface area contributed by atoms with Crippen LogP contribution >= 0.6 is 0 Å². The Labute approximate surface area is 168 Å². The molecule has 10 nitrogen and oxygen atoms in total. The summed E-state index contributed by atoms with van der Waals surface area (Å²) in [6, 6.07) is 12.4. The first kappa shape index (κ1) is 20.1. The molecule has 0 spiro atoms. The quantitative estimate of drug-likeness (QED) is 0.344. The number of hydrogen-bond acceptors (Lipinski definition) is 5. The maximum atomic E-state index is 11.1. The van der Waals surface area contributed by atoms with Crippen molar-refractivity contribution in [3.8, 4) is 0 Å². The van der Waals surface area contributed by atoms with Gasteiger partial charge in [0.2, 0.25) is 6.08 Å². The molecule has 0 saturated carbocycles. The molecule has 4 rings (SSSR count). The van der Waals surface area contributed by atoms with Gasteiger partial charge in [-0.15, -0.1) is 0 Å². The Morgan fingerprint density at radius 3 is 1.87 bits per heavy atom. The number of rotatable bonds is 2. The third-order valence-electron chi connectivity index (χ3n) is 4.27. The van der Waals surface area contributed by atoms with Crippen molar-refractivity contribution in [1.29, 1.82) is 0 Å². The van der Waals surface area contributed by atoms with Crippen LogP contribution in [0.2, 0.25) is 0 Å². The summed E-state index contributed by atoms with van der Waals surface area (Å²) in [4.78, 5) is 46.7. The summed E-state index contributed by atoms with van der Waals surface area (Å²) < 4.78 is 2.37. The van der Waals surface area contributed by atoms with Crippen molar-refractivity contribution in [3.63, 3.8) is 0 Å². The van der Waals surface area contributed by atoms with Gasteiger partial charge >= 0.3 is 18.0 Å². The molecular weight excluding hydrogens is 390 g/mol. The van der Waals surface area contributed by atoms with Crippen LogP contribution in [0, 0.1) is 0 Å². The third-order valence-corrected chi connectivity index (χ3v) is 4.27. The van der Waals surface area contributed by atoms with Gasteiger partial charge in [0.1, 0.15) is 5.69 Å². The van der Waals surface area contributed by atoms with Gasteiger partial charge in [-0.1, -0.05) is 36.4 Å². The summed E-state index contributed by atoms with van der Waals surface area (Å²) in [7, 11) is 0. The van der Waals surface area contributed by atoms with Crippen LogP contribution in [0.5, 0.6) is 0 Å². The Morgan fingerprint density at radius 1 is 0.833 bits per heavy atom. The van der Waals surface area contributed by atoms with E-state index in [-0.39, 0.29) is 5.56 Å². The van der Waals surface area contributed by atoms with Gasteiger partial charge in [0, 0.05) is 23.2 Å². The second kappa shape index (κ2) is 8.13. The predicted molar refractivity (Wildman–Crippen MR) is 109 cm³/mol. The van der Waals surface area contributed by atoms with E-state index in [2.05, 4.69) is 4.99 Å². The monoisotopic (exact) mass is 405 g/mol. The lowest BCUT2D eigenvalue weighted by Gasteiger charge is -1.96. The van der Waals surface area contributed by atoms with E-state index in [4.69, 9.17) is 16.6 Å². The van der Waals surface area contributed by atoms with Gasteiger partial charge in [-0.3, -0.25) is 9.13 Å². The van der Waals surface area contributed by atoms with E-state index in [9.17, 15) is 19.2 Å². The minimum absolute atomic E-state index is 0.0735. The Balaban J connectivity index is 0.000000171. The van der Waals surface area contributed by atoms with Crippen LogP contribution in [0.1, 0.15) is 10.4 Å². The number of benzene rings is 2. The second-order valence-electron chi connectivity index (χ2n) is 6.02. The molecule has 2 aromatic heterocycles. The first-order chi connectivity index (χ1) is 14.3. The normalized spacial score (nSPS) is 10.1. The minimum Gasteiger partial charge on any atom is -0.478 e. The topological polar surface area (TPSA) is 163 Å². The van der Waals surface area contributed by atoms with Crippen LogP contribution in [0.15, 0.2) is 65.9 Å². The zero-order valence-corrected chi connectivity index (χ0v) is 15.4. The summed E-state index contributed by atoms with van der Waals surface area (Å²) in [6.07, 6.45) is 4.08. The molecule has 30 heavy (non-hydrogen) atoms. The van der Waals surface area contributed by atoms with Gasteiger partial charge in [0.25, 0.3) is 0 Å². The van der Waals surface area contributed by atoms with E-state index in [1.807, 2.05) is 0 Å². The van der Waals surface area contributed by atoms with Gasteiger partial charge in [-0.25, -0.2) is 19.2 Å². The van der Waals surface area contributed by atoms with Gasteiger partial charge in [0.05, 0.1) is 16.6 Å². The fourth-order valence-corrected chi connectivity index (χ4v) is 3.01. The van der Waals surface area contributed by atoms with E-state index in [0.29, 0.717) is 27.5 Å². The molecule has 0 aliphatic heterocycles. The molecule has 4 aromatic rings. The number of para-hydroxylation sites is 2. The maximum absolute atomic E-state index is 11.1. The van der Waals surface area contributed by atoms with Crippen molar-refractivity contribution < 1.29 is 24.3 Å². The van der Waals surface area contributed by atoms with Crippen molar-refractivity contribution in [2.24, 2.45) is 16.5 Å². The lowest BCUT2D eigenvalue weighted by atomic mass is 10.2. The van der Waals surface area contributed by atoms with Crippen molar-refractivity contribution in [1.82, 2.24) is 9.13 Å². The van der Waals surface area contributed by atoms with Gasteiger partial charge in [0.15, 0.2) is 0 Å². The van der Waals surface area contributed by atoms with Crippen LogP contribution in [-0.4, -0.2) is 38.4 Å².